The van der Waals surface area contributed by atoms with Crippen molar-refractivity contribution in [3.8, 4) is 0 Å². The van der Waals surface area contributed by atoms with Crippen LogP contribution in [0.1, 0.15) is 11.1 Å². The summed E-state index contributed by atoms with van der Waals surface area (Å²) in [4.78, 5) is 16.1. The van der Waals surface area contributed by atoms with Gasteiger partial charge in [-0.1, -0.05) is 41.4 Å². The first-order chi connectivity index (χ1) is 9.65. The Morgan fingerprint density at radius 2 is 1.85 bits per heavy atom. The van der Waals surface area contributed by atoms with Gasteiger partial charge in [-0.05, 0) is 24.3 Å². The zero-order chi connectivity index (χ0) is 14.1. The van der Waals surface area contributed by atoms with Crippen LogP contribution in [0.2, 0.25) is 10.0 Å². The second kappa shape index (κ2) is 5.27. The molecule has 0 bridgehead atoms. The molecule has 0 saturated carbocycles. The van der Waals surface area contributed by atoms with E-state index < -0.39 is 0 Å². The summed E-state index contributed by atoms with van der Waals surface area (Å²) in [5.41, 5.74) is 2.92. The quantitative estimate of drug-likeness (QED) is 0.855. The van der Waals surface area contributed by atoms with E-state index >= 15 is 0 Å². The number of hydrogen-bond acceptors (Lipinski definition) is 2. The van der Waals surface area contributed by atoms with Gasteiger partial charge in [0.05, 0.1) is 11.4 Å². The number of nitrogens with zero attached hydrogens (tertiary/aromatic N) is 1. The van der Waals surface area contributed by atoms with Gasteiger partial charge in [-0.15, -0.1) is 0 Å². The molecule has 0 fully saturated rings. The lowest BCUT2D eigenvalue weighted by Gasteiger charge is -2.11. The Labute approximate surface area is 126 Å². The van der Waals surface area contributed by atoms with E-state index in [9.17, 15) is 4.79 Å². The van der Waals surface area contributed by atoms with E-state index in [0.717, 1.165) is 11.1 Å². The maximum atomic E-state index is 11.7. The van der Waals surface area contributed by atoms with Crippen molar-refractivity contribution in [2.75, 3.05) is 11.9 Å². The number of amides is 1. The minimum atomic E-state index is -0.157. The fraction of sp³-hybridized carbons (Fsp3) is 0.0667. The van der Waals surface area contributed by atoms with Gasteiger partial charge in [0.1, 0.15) is 6.54 Å². The first-order valence-corrected chi connectivity index (χ1v) is 6.80. The van der Waals surface area contributed by atoms with Crippen LogP contribution in [-0.4, -0.2) is 18.2 Å². The van der Waals surface area contributed by atoms with Crippen molar-refractivity contribution in [2.24, 2.45) is 4.99 Å². The molecule has 0 unspecified atom stereocenters. The number of carbonyl (C=O) groups excluding carboxylic acids is 1. The second-order valence-corrected chi connectivity index (χ2v) is 5.23. The number of rotatable bonds is 1. The molecule has 0 aromatic heterocycles. The number of halogens is 2. The Balaban J connectivity index is 2.23. The molecule has 2 aromatic carbocycles. The van der Waals surface area contributed by atoms with Crippen molar-refractivity contribution in [1.82, 2.24) is 0 Å². The summed E-state index contributed by atoms with van der Waals surface area (Å²) in [5.74, 6) is -0.157. The Morgan fingerprint density at radius 3 is 2.65 bits per heavy atom. The molecule has 3 nitrogen and oxygen atoms in total. The fourth-order valence-corrected chi connectivity index (χ4v) is 2.53. The lowest BCUT2D eigenvalue weighted by Crippen LogP contribution is -2.13. The zero-order valence-corrected chi connectivity index (χ0v) is 11.9. The SMILES string of the molecule is O=C1CN=C(c2ccccc2Cl)[13c]2[13cH][13c](Cl)[13cH][13cH][13c]2N1. The Morgan fingerprint density at radius 1 is 1.05 bits per heavy atom. The maximum absolute atomic E-state index is 11.7. The zero-order valence-electron chi connectivity index (χ0n) is 10.4. The lowest BCUT2D eigenvalue weighted by molar-refractivity contribution is -0.114. The molecule has 1 heterocycles. The van der Waals surface area contributed by atoms with Crippen molar-refractivity contribution >= 4 is 40.5 Å². The van der Waals surface area contributed by atoms with Gasteiger partial charge in [0.15, 0.2) is 0 Å². The van der Waals surface area contributed by atoms with Crippen molar-refractivity contribution in [2.45, 2.75) is 0 Å². The summed E-state index contributed by atoms with van der Waals surface area (Å²) in [6, 6.07) is 12.7. The third kappa shape index (κ3) is 2.42. The summed E-state index contributed by atoms with van der Waals surface area (Å²) in [6.45, 7) is 0.0624. The molecule has 100 valence electrons. The maximum Gasteiger partial charge on any atom is 0.246 e. The number of hydrogen-bond donors (Lipinski definition) is 1. The number of nitrogens with one attached hydrogen (secondary N) is 1. The van der Waals surface area contributed by atoms with Gasteiger partial charge in [-0.3, -0.25) is 9.79 Å². The molecule has 0 radical (unpaired) electrons. The van der Waals surface area contributed by atoms with Crippen LogP contribution in [0.25, 0.3) is 0 Å². The molecule has 2 aromatic rings. The monoisotopic (exact) mass is 310 g/mol. The molecule has 1 aliphatic rings. The number of benzodiazepines with no additional fused rings is 1. The number of aliphatic imine (C=N–C) groups is 1. The number of anilines is 1. The van der Waals surface area contributed by atoms with Crippen LogP contribution in [0.5, 0.6) is 0 Å². The van der Waals surface area contributed by atoms with Crippen LogP contribution < -0.4 is 5.32 Å². The minimum Gasteiger partial charge on any atom is -0.324 e. The van der Waals surface area contributed by atoms with Gasteiger partial charge in [-0.2, -0.15) is 0 Å². The number of carbonyl (C=O) groups is 1. The molecule has 20 heavy (non-hydrogen) atoms. The first-order valence-electron chi connectivity index (χ1n) is 6.04. The molecule has 1 N–H and O–H groups in total. The normalized spacial score (nSPS) is 14.1. The number of benzene rings is 2. The second-order valence-electron chi connectivity index (χ2n) is 4.38. The van der Waals surface area contributed by atoms with Crippen molar-refractivity contribution in [1.29, 1.82) is 0 Å². The van der Waals surface area contributed by atoms with E-state index in [4.69, 9.17) is 23.2 Å². The predicted octanol–water partition coefficient (Wildman–Crippen LogP) is 3.78. The van der Waals surface area contributed by atoms with Gasteiger partial charge in [0.2, 0.25) is 5.91 Å². The Kier molecular flexibility index (Phi) is 3.47. The van der Waals surface area contributed by atoms with Gasteiger partial charge in [0, 0.05) is 21.2 Å². The summed E-state index contributed by atoms with van der Waals surface area (Å²) in [6.07, 6.45) is 0. The Hall–Kier alpha value is -1.84. The average Bonchev–Trinajstić information content (AvgIpc) is 2.58. The molecule has 1 amide bonds. The molecule has 0 spiro atoms. The van der Waals surface area contributed by atoms with E-state index in [1.807, 2.05) is 18.2 Å². The summed E-state index contributed by atoms with van der Waals surface area (Å²) >= 11 is 12.3. The number of fused-ring (bicyclic) bond motifs is 1. The van der Waals surface area contributed by atoms with Crippen molar-refractivity contribution < 1.29 is 4.79 Å². The Bertz CT molecular complexity index is 726. The van der Waals surface area contributed by atoms with Gasteiger partial charge >= 0.3 is 0 Å². The largest absolute Gasteiger partial charge is 0.324 e. The molecule has 1 aliphatic heterocycles. The predicted molar refractivity (Wildman–Crippen MR) is 82.0 cm³/mol. The highest BCUT2D eigenvalue weighted by Gasteiger charge is 2.19. The summed E-state index contributed by atoms with van der Waals surface area (Å²) in [7, 11) is 0. The average molecular weight is 311 g/mol. The highest BCUT2D eigenvalue weighted by molar-refractivity contribution is 6.36. The van der Waals surface area contributed by atoms with Crippen LogP contribution in [0.3, 0.4) is 0 Å². The van der Waals surface area contributed by atoms with E-state index in [0.29, 0.717) is 21.4 Å². The van der Waals surface area contributed by atoms with Crippen LogP contribution >= 0.6 is 23.2 Å². The summed E-state index contributed by atoms with van der Waals surface area (Å²) < 4.78 is 0. The van der Waals surface area contributed by atoms with E-state index in [1.54, 1.807) is 24.3 Å². The van der Waals surface area contributed by atoms with Crippen molar-refractivity contribution in [3.63, 3.8) is 0 Å². The molecule has 0 saturated heterocycles. The highest BCUT2D eigenvalue weighted by Crippen LogP contribution is 2.28. The van der Waals surface area contributed by atoms with Gasteiger partial charge in [-0.25, -0.2) is 0 Å². The third-order valence-electron chi connectivity index (χ3n) is 3.02. The van der Waals surface area contributed by atoms with Crippen molar-refractivity contribution in [3.05, 3.63) is 63.6 Å². The fourth-order valence-electron chi connectivity index (χ4n) is 2.13. The third-order valence-corrected chi connectivity index (χ3v) is 3.59. The van der Waals surface area contributed by atoms with Crippen LogP contribution in [0.15, 0.2) is 47.5 Å². The van der Waals surface area contributed by atoms with Crippen LogP contribution in [-0.2, 0) is 4.79 Å². The van der Waals surface area contributed by atoms with E-state index in [-0.39, 0.29) is 12.5 Å². The molecule has 0 aliphatic carbocycles. The molecule has 3 rings (SSSR count). The molecular formula is C15H10Cl2N2O. The lowest BCUT2D eigenvalue weighted by atomic mass is 10.2. The van der Waals surface area contributed by atoms with Gasteiger partial charge in [0.25, 0.3) is 0 Å². The van der Waals surface area contributed by atoms with Gasteiger partial charge < -0.3 is 5.32 Å². The summed E-state index contributed by atoms with van der Waals surface area (Å²) in [5, 5.41) is 3.99. The highest BCUT2D eigenvalue weighted by atomic mass is 35.5. The van der Waals surface area contributed by atoms with Crippen LogP contribution in [0.4, 0.5) is 5.69 Å². The van der Waals surface area contributed by atoms with E-state index in [1.165, 1.54) is 0 Å². The molecular weight excluding hydrogens is 301 g/mol. The van der Waals surface area contributed by atoms with E-state index in [2.05, 4.69) is 10.3 Å². The smallest absolute Gasteiger partial charge is 0.246 e. The first kappa shape index (κ1) is 13.2. The molecule has 0 atom stereocenters. The standard InChI is InChI=1S/C15H10Cl2N2O/c16-9-5-6-13-11(7-9)15(18-8-14(20)19-13)10-3-1-2-4-12(10)17/h1-7H,8H2,(H,19,20)/i5+1,6+1,7+1,9+1,11+1,13+1. The van der Waals surface area contributed by atoms with Crippen LogP contribution in [0, 0.1) is 0 Å². The minimum absolute atomic E-state index is 0.0624. The molecule has 5 heteroatoms. The topological polar surface area (TPSA) is 41.5 Å².